The van der Waals surface area contributed by atoms with E-state index in [0.717, 1.165) is 12.1 Å². The van der Waals surface area contributed by atoms with Gasteiger partial charge in [0.2, 0.25) is 11.8 Å². The minimum atomic E-state index is -0.999. The molecule has 0 saturated heterocycles. The number of benzene rings is 1. The SMILES string of the molecule is CC(C)(C)C(=O)NCc1cccnc1Oc1ccc(F)c(F)c1. The first-order valence-corrected chi connectivity index (χ1v) is 7.12. The maximum Gasteiger partial charge on any atom is 0.225 e. The van der Waals surface area contributed by atoms with Crippen molar-refractivity contribution in [2.24, 2.45) is 5.41 Å². The Hall–Kier alpha value is -2.50. The number of aromatic nitrogens is 1. The molecule has 0 bridgehead atoms. The monoisotopic (exact) mass is 320 g/mol. The maximum atomic E-state index is 13.2. The van der Waals surface area contributed by atoms with Crippen LogP contribution in [0, 0.1) is 17.0 Å². The zero-order valence-electron chi connectivity index (χ0n) is 13.2. The number of amides is 1. The van der Waals surface area contributed by atoms with Gasteiger partial charge in [-0.3, -0.25) is 4.79 Å². The van der Waals surface area contributed by atoms with Crippen molar-refractivity contribution < 1.29 is 18.3 Å². The Morgan fingerprint density at radius 1 is 1.22 bits per heavy atom. The van der Waals surface area contributed by atoms with Crippen molar-refractivity contribution >= 4 is 5.91 Å². The molecule has 1 aromatic heterocycles. The van der Waals surface area contributed by atoms with Gasteiger partial charge in [0.25, 0.3) is 0 Å². The van der Waals surface area contributed by atoms with Gasteiger partial charge in [-0.1, -0.05) is 26.8 Å². The van der Waals surface area contributed by atoms with Gasteiger partial charge in [0.15, 0.2) is 11.6 Å². The van der Waals surface area contributed by atoms with Crippen molar-refractivity contribution in [1.29, 1.82) is 0 Å². The highest BCUT2D eigenvalue weighted by molar-refractivity contribution is 5.81. The smallest absolute Gasteiger partial charge is 0.225 e. The van der Waals surface area contributed by atoms with Crippen LogP contribution in [0.5, 0.6) is 11.6 Å². The Morgan fingerprint density at radius 3 is 2.61 bits per heavy atom. The number of ether oxygens (including phenoxy) is 1. The fraction of sp³-hybridized carbons (Fsp3) is 0.294. The standard InChI is InChI=1S/C17H18F2N2O2/c1-17(2,3)16(22)21-10-11-5-4-8-20-15(11)23-12-6-7-13(18)14(19)9-12/h4-9H,10H2,1-3H3,(H,21,22). The highest BCUT2D eigenvalue weighted by atomic mass is 19.2. The van der Waals surface area contributed by atoms with Gasteiger partial charge in [0, 0.05) is 29.8 Å². The summed E-state index contributed by atoms with van der Waals surface area (Å²) < 4.78 is 31.7. The lowest BCUT2D eigenvalue weighted by Crippen LogP contribution is -2.34. The predicted octanol–water partition coefficient (Wildman–Crippen LogP) is 3.81. The number of hydrogen-bond acceptors (Lipinski definition) is 3. The number of hydrogen-bond donors (Lipinski definition) is 1. The third kappa shape index (κ3) is 4.48. The molecule has 0 aliphatic carbocycles. The summed E-state index contributed by atoms with van der Waals surface area (Å²) in [6.07, 6.45) is 1.52. The van der Waals surface area contributed by atoms with E-state index in [2.05, 4.69) is 10.3 Å². The van der Waals surface area contributed by atoms with Gasteiger partial charge >= 0.3 is 0 Å². The number of nitrogens with one attached hydrogen (secondary N) is 1. The molecule has 0 aliphatic heterocycles. The van der Waals surface area contributed by atoms with Crippen molar-refractivity contribution in [3.05, 3.63) is 53.7 Å². The molecule has 0 spiro atoms. The van der Waals surface area contributed by atoms with E-state index in [4.69, 9.17) is 4.74 Å². The van der Waals surface area contributed by atoms with E-state index >= 15 is 0 Å². The second kappa shape index (κ2) is 6.73. The summed E-state index contributed by atoms with van der Waals surface area (Å²) in [5, 5.41) is 2.79. The molecule has 1 N–H and O–H groups in total. The Balaban J connectivity index is 2.14. The van der Waals surface area contributed by atoms with Crippen molar-refractivity contribution in [3.63, 3.8) is 0 Å². The number of carbonyl (C=O) groups excluding carboxylic acids is 1. The summed E-state index contributed by atoms with van der Waals surface area (Å²) >= 11 is 0. The molecule has 0 fully saturated rings. The molecule has 0 aliphatic rings. The molecule has 0 saturated carbocycles. The Labute approximate surface area is 133 Å². The number of nitrogens with zero attached hydrogens (tertiary/aromatic N) is 1. The lowest BCUT2D eigenvalue weighted by Gasteiger charge is -2.18. The highest BCUT2D eigenvalue weighted by Crippen LogP contribution is 2.24. The molecule has 6 heteroatoms. The van der Waals surface area contributed by atoms with Crippen LogP contribution in [0.4, 0.5) is 8.78 Å². The fourth-order valence-electron chi connectivity index (χ4n) is 1.74. The first-order chi connectivity index (χ1) is 10.8. The molecule has 0 atom stereocenters. The van der Waals surface area contributed by atoms with E-state index in [1.54, 1.807) is 12.1 Å². The summed E-state index contributed by atoms with van der Waals surface area (Å²) in [6.45, 7) is 5.65. The van der Waals surface area contributed by atoms with Crippen LogP contribution < -0.4 is 10.1 Å². The predicted molar refractivity (Wildman–Crippen MR) is 82.0 cm³/mol. The summed E-state index contributed by atoms with van der Waals surface area (Å²) in [6, 6.07) is 6.68. The minimum Gasteiger partial charge on any atom is -0.439 e. The number of pyridine rings is 1. The Kier molecular flexibility index (Phi) is 4.93. The van der Waals surface area contributed by atoms with Gasteiger partial charge in [0.05, 0.1) is 0 Å². The Morgan fingerprint density at radius 2 is 1.96 bits per heavy atom. The topological polar surface area (TPSA) is 51.2 Å². The zero-order chi connectivity index (χ0) is 17.0. The van der Waals surface area contributed by atoms with Crippen LogP contribution in [0.3, 0.4) is 0 Å². The van der Waals surface area contributed by atoms with Crippen molar-refractivity contribution in [2.45, 2.75) is 27.3 Å². The van der Waals surface area contributed by atoms with E-state index < -0.39 is 17.0 Å². The summed E-state index contributed by atoms with van der Waals surface area (Å²) in [5.41, 5.74) is 0.124. The summed E-state index contributed by atoms with van der Waals surface area (Å²) in [7, 11) is 0. The molecule has 4 nitrogen and oxygen atoms in total. The molecule has 122 valence electrons. The number of carbonyl (C=O) groups is 1. The van der Waals surface area contributed by atoms with E-state index in [0.29, 0.717) is 5.56 Å². The Bertz CT molecular complexity index is 712. The molecular weight excluding hydrogens is 302 g/mol. The summed E-state index contributed by atoms with van der Waals surface area (Å²) in [4.78, 5) is 16.0. The lowest BCUT2D eigenvalue weighted by atomic mass is 9.95. The van der Waals surface area contributed by atoms with E-state index in [1.165, 1.54) is 12.3 Å². The normalized spacial score (nSPS) is 11.2. The average molecular weight is 320 g/mol. The van der Waals surface area contributed by atoms with Crippen molar-refractivity contribution in [3.8, 4) is 11.6 Å². The first kappa shape index (κ1) is 16.9. The van der Waals surface area contributed by atoms with Crippen LogP contribution in [-0.4, -0.2) is 10.9 Å². The number of halogens is 2. The number of rotatable bonds is 4. The minimum absolute atomic E-state index is 0.111. The second-order valence-corrected chi connectivity index (χ2v) is 6.08. The largest absolute Gasteiger partial charge is 0.439 e. The third-order valence-corrected chi connectivity index (χ3v) is 3.08. The van der Waals surface area contributed by atoms with Crippen molar-refractivity contribution in [2.75, 3.05) is 0 Å². The molecule has 0 radical (unpaired) electrons. The molecule has 1 aromatic carbocycles. The van der Waals surface area contributed by atoms with Crippen molar-refractivity contribution in [1.82, 2.24) is 10.3 Å². The van der Waals surface area contributed by atoms with Gasteiger partial charge in [-0.05, 0) is 18.2 Å². The van der Waals surface area contributed by atoms with Gasteiger partial charge < -0.3 is 10.1 Å². The molecule has 0 unspecified atom stereocenters. The van der Waals surface area contributed by atoms with E-state index in [1.807, 2.05) is 20.8 Å². The fourth-order valence-corrected chi connectivity index (χ4v) is 1.74. The van der Waals surface area contributed by atoms with Gasteiger partial charge in [-0.25, -0.2) is 13.8 Å². The molecular formula is C17H18F2N2O2. The van der Waals surface area contributed by atoms with Crippen LogP contribution in [0.1, 0.15) is 26.3 Å². The van der Waals surface area contributed by atoms with Crippen LogP contribution in [-0.2, 0) is 11.3 Å². The van der Waals surface area contributed by atoms with Crippen LogP contribution >= 0.6 is 0 Å². The van der Waals surface area contributed by atoms with Crippen LogP contribution in [0.25, 0.3) is 0 Å². The molecule has 1 heterocycles. The van der Waals surface area contributed by atoms with Crippen LogP contribution in [0.15, 0.2) is 36.5 Å². The first-order valence-electron chi connectivity index (χ1n) is 7.12. The van der Waals surface area contributed by atoms with E-state index in [-0.39, 0.29) is 24.1 Å². The second-order valence-electron chi connectivity index (χ2n) is 6.08. The zero-order valence-corrected chi connectivity index (χ0v) is 13.2. The highest BCUT2D eigenvalue weighted by Gasteiger charge is 2.21. The summed E-state index contributed by atoms with van der Waals surface area (Å²) in [5.74, 6) is -1.70. The van der Waals surface area contributed by atoms with Gasteiger partial charge in [-0.2, -0.15) is 0 Å². The quantitative estimate of drug-likeness (QED) is 0.932. The molecule has 2 aromatic rings. The molecule has 23 heavy (non-hydrogen) atoms. The average Bonchev–Trinajstić information content (AvgIpc) is 2.49. The maximum absolute atomic E-state index is 13.2. The molecule has 2 rings (SSSR count). The van der Waals surface area contributed by atoms with E-state index in [9.17, 15) is 13.6 Å². The van der Waals surface area contributed by atoms with Gasteiger partial charge in [0.1, 0.15) is 5.75 Å². The van der Waals surface area contributed by atoms with Gasteiger partial charge in [-0.15, -0.1) is 0 Å². The van der Waals surface area contributed by atoms with Crippen LogP contribution in [0.2, 0.25) is 0 Å². The third-order valence-electron chi connectivity index (χ3n) is 3.08. The lowest BCUT2D eigenvalue weighted by molar-refractivity contribution is -0.128. The molecule has 1 amide bonds.